The molecule has 2 amide bonds. The standard InChI is InChI=1S/C14H27N3O2/c1-14(2,3)16-13(19)11-9-10(11)12(18)15-7-6-8-17(4)5/h10-11H,6-9H2,1-5H3,(H,15,18)(H,16,19). The molecule has 1 aliphatic rings. The molecule has 0 bridgehead atoms. The summed E-state index contributed by atoms with van der Waals surface area (Å²) in [5.41, 5.74) is -0.230. The van der Waals surface area contributed by atoms with Gasteiger partial charge in [0.05, 0.1) is 11.8 Å². The SMILES string of the molecule is CN(C)CCCNC(=O)C1CC1C(=O)NC(C)(C)C. The van der Waals surface area contributed by atoms with Crippen LogP contribution in [0.15, 0.2) is 0 Å². The molecule has 0 aromatic carbocycles. The van der Waals surface area contributed by atoms with Crippen LogP contribution in [0.3, 0.4) is 0 Å². The molecule has 5 heteroatoms. The van der Waals surface area contributed by atoms with Crippen LogP contribution in [0.5, 0.6) is 0 Å². The predicted octanol–water partition coefficient (Wildman–Crippen LogP) is 0.605. The second kappa shape index (κ2) is 6.37. The lowest BCUT2D eigenvalue weighted by Gasteiger charge is -2.20. The zero-order chi connectivity index (χ0) is 14.6. The number of hydrogen-bond donors (Lipinski definition) is 2. The van der Waals surface area contributed by atoms with E-state index in [0.717, 1.165) is 13.0 Å². The molecule has 2 atom stereocenters. The van der Waals surface area contributed by atoms with Crippen LogP contribution in [-0.2, 0) is 9.59 Å². The van der Waals surface area contributed by atoms with Gasteiger partial charge in [0.25, 0.3) is 0 Å². The van der Waals surface area contributed by atoms with Crippen molar-refractivity contribution < 1.29 is 9.59 Å². The first-order chi connectivity index (χ1) is 8.70. The van der Waals surface area contributed by atoms with E-state index in [1.54, 1.807) is 0 Å². The van der Waals surface area contributed by atoms with Gasteiger partial charge in [-0.1, -0.05) is 0 Å². The molecule has 0 aromatic rings. The largest absolute Gasteiger partial charge is 0.356 e. The van der Waals surface area contributed by atoms with Gasteiger partial charge in [-0.3, -0.25) is 9.59 Å². The highest BCUT2D eigenvalue weighted by molar-refractivity contribution is 5.92. The Bertz CT molecular complexity index is 334. The summed E-state index contributed by atoms with van der Waals surface area (Å²) >= 11 is 0. The van der Waals surface area contributed by atoms with Crippen LogP contribution in [0.2, 0.25) is 0 Å². The summed E-state index contributed by atoms with van der Waals surface area (Å²) in [6.45, 7) is 7.48. The molecule has 0 aromatic heterocycles. The van der Waals surface area contributed by atoms with Crippen LogP contribution < -0.4 is 10.6 Å². The van der Waals surface area contributed by atoms with Crippen molar-refractivity contribution in [2.24, 2.45) is 11.8 Å². The predicted molar refractivity (Wildman–Crippen MR) is 75.7 cm³/mol. The van der Waals surface area contributed by atoms with Crippen molar-refractivity contribution in [2.45, 2.75) is 39.2 Å². The van der Waals surface area contributed by atoms with Crippen molar-refractivity contribution in [3.63, 3.8) is 0 Å². The van der Waals surface area contributed by atoms with Gasteiger partial charge in [0.1, 0.15) is 0 Å². The maximum Gasteiger partial charge on any atom is 0.224 e. The smallest absolute Gasteiger partial charge is 0.224 e. The average Bonchev–Trinajstić information content (AvgIpc) is 3.01. The molecule has 1 aliphatic carbocycles. The van der Waals surface area contributed by atoms with Gasteiger partial charge in [-0.2, -0.15) is 0 Å². The van der Waals surface area contributed by atoms with E-state index in [1.807, 2.05) is 34.9 Å². The lowest BCUT2D eigenvalue weighted by molar-refractivity contribution is -0.128. The van der Waals surface area contributed by atoms with Gasteiger partial charge in [0.2, 0.25) is 11.8 Å². The van der Waals surface area contributed by atoms with Gasteiger partial charge in [0, 0.05) is 12.1 Å². The zero-order valence-corrected chi connectivity index (χ0v) is 12.7. The number of carbonyl (C=O) groups excluding carboxylic acids is 2. The number of nitrogens with one attached hydrogen (secondary N) is 2. The van der Waals surface area contributed by atoms with E-state index in [0.29, 0.717) is 13.0 Å². The van der Waals surface area contributed by atoms with Crippen molar-refractivity contribution in [1.29, 1.82) is 0 Å². The molecule has 5 nitrogen and oxygen atoms in total. The Kier molecular flexibility index (Phi) is 5.35. The van der Waals surface area contributed by atoms with Gasteiger partial charge in [-0.05, 0) is 54.3 Å². The minimum absolute atomic E-state index is 0.000872. The van der Waals surface area contributed by atoms with Crippen molar-refractivity contribution in [3.05, 3.63) is 0 Å². The van der Waals surface area contributed by atoms with E-state index in [-0.39, 0.29) is 29.2 Å². The second-order valence-electron chi connectivity index (χ2n) is 6.64. The summed E-state index contributed by atoms with van der Waals surface area (Å²) in [6, 6.07) is 0. The summed E-state index contributed by atoms with van der Waals surface area (Å²) in [5.74, 6) is -0.233. The fourth-order valence-electron chi connectivity index (χ4n) is 1.97. The third kappa shape index (κ3) is 6.05. The monoisotopic (exact) mass is 269 g/mol. The molecule has 2 unspecified atom stereocenters. The molecular weight excluding hydrogens is 242 g/mol. The fourth-order valence-corrected chi connectivity index (χ4v) is 1.97. The van der Waals surface area contributed by atoms with Gasteiger partial charge >= 0.3 is 0 Å². The Morgan fingerprint density at radius 2 is 1.74 bits per heavy atom. The molecule has 0 radical (unpaired) electrons. The van der Waals surface area contributed by atoms with E-state index >= 15 is 0 Å². The number of nitrogens with zero attached hydrogens (tertiary/aromatic N) is 1. The Labute approximate surface area is 116 Å². The average molecular weight is 269 g/mol. The number of hydrogen-bond acceptors (Lipinski definition) is 3. The van der Waals surface area contributed by atoms with Crippen LogP contribution in [0, 0.1) is 11.8 Å². The van der Waals surface area contributed by atoms with Crippen molar-refractivity contribution in [2.75, 3.05) is 27.2 Å². The van der Waals surface area contributed by atoms with E-state index in [1.165, 1.54) is 0 Å². The Balaban J connectivity index is 2.21. The maximum atomic E-state index is 11.9. The van der Waals surface area contributed by atoms with Crippen LogP contribution in [0.4, 0.5) is 0 Å². The third-order valence-corrected chi connectivity index (χ3v) is 3.04. The minimum Gasteiger partial charge on any atom is -0.356 e. The first kappa shape index (κ1) is 16.0. The van der Waals surface area contributed by atoms with Gasteiger partial charge < -0.3 is 15.5 Å². The lowest BCUT2D eigenvalue weighted by Crippen LogP contribution is -2.42. The fraction of sp³-hybridized carbons (Fsp3) is 0.857. The summed E-state index contributed by atoms with van der Waals surface area (Å²) < 4.78 is 0. The molecule has 0 aliphatic heterocycles. The molecule has 0 spiro atoms. The molecule has 0 saturated heterocycles. The van der Waals surface area contributed by atoms with E-state index in [4.69, 9.17) is 0 Å². The van der Waals surface area contributed by atoms with E-state index in [2.05, 4.69) is 15.5 Å². The molecule has 2 N–H and O–H groups in total. The first-order valence-electron chi connectivity index (χ1n) is 6.95. The van der Waals surface area contributed by atoms with Gasteiger partial charge in [-0.25, -0.2) is 0 Å². The number of carbonyl (C=O) groups is 2. The molecular formula is C14H27N3O2. The molecule has 1 saturated carbocycles. The van der Waals surface area contributed by atoms with Crippen LogP contribution in [0.1, 0.15) is 33.6 Å². The summed E-state index contributed by atoms with van der Waals surface area (Å²) in [6.07, 6.45) is 1.62. The van der Waals surface area contributed by atoms with Crippen molar-refractivity contribution in [3.8, 4) is 0 Å². The normalized spacial score (nSPS) is 22.2. The second-order valence-corrected chi connectivity index (χ2v) is 6.64. The van der Waals surface area contributed by atoms with Crippen LogP contribution in [-0.4, -0.2) is 49.4 Å². The lowest BCUT2D eigenvalue weighted by atomic mass is 10.1. The topological polar surface area (TPSA) is 61.4 Å². The highest BCUT2D eigenvalue weighted by atomic mass is 16.2. The zero-order valence-electron chi connectivity index (χ0n) is 12.7. The molecule has 19 heavy (non-hydrogen) atoms. The molecule has 1 rings (SSSR count). The van der Waals surface area contributed by atoms with Crippen molar-refractivity contribution in [1.82, 2.24) is 15.5 Å². The Morgan fingerprint density at radius 3 is 2.26 bits per heavy atom. The highest BCUT2D eigenvalue weighted by Gasteiger charge is 2.48. The van der Waals surface area contributed by atoms with Crippen LogP contribution >= 0.6 is 0 Å². The Hall–Kier alpha value is -1.10. The molecule has 1 fully saturated rings. The van der Waals surface area contributed by atoms with E-state index < -0.39 is 0 Å². The summed E-state index contributed by atoms with van der Waals surface area (Å²) in [7, 11) is 4.02. The van der Waals surface area contributed by atoms with E-state index in [9.17, 15) is 9.59 Å². The highest BCUT2D eigenvalue weighted by Crippen LogP contribution is 2.39. The quantitative estimate of drug-likeness (QED) is 0.694. The number of amides is 2. The van der Waals surface area contributed by atoms with Crippen LogP contribution in [0.25, 0.3) is 0 Å². The molecule has 0 heterocycles. The minimum atomic E-state index is -0.230. The summed E-state index contributed by atoms with van der Waals surface area (Å²) in [4.78, 5) is 25.8. The number of rotatable bonds is 6. The van der Waals surface area contributed by atoms with Crippen molar-refractivity contribution >= 4 is 11.8 Å². The van der Waals surface area contributed by atoms with Gasteiger partial charge in [0.15, 0.2) is 0 Å². The maximum absolute atomic E-state index is 11.9. The summed E-state index contributed by atoms with van der Waals surface area (Å²) in [5, 5.41) is 5.82. The first-order valence-corrected chi connectivity index (χ1v) is 6.95. The third-order valence-electron chi connectivity index (χ3n) is 3.04. The molecule has 110 valence electrons. The van der Waals surface area contributed by atoms with Gasteiger partial charge in [-0.15, -0.1) is 0 Å². The Morgan fingerprint density at radius 1 is 1.16 bits per heavy atom.